The minimum Gasteiger partial charge on any atom is -0.494 e. The average molecular weight is 216 g/mol. The Morgan fingerprint density at radius 1 is 1.31 bits per heavy atom. The number of para-hydroxylation sites is 1. The largest absolute Gasteiger partial charge is 0.494 e. The van der Waals surface area contributed by atoms with E-state index >= 15 is 0 Å². The van der Waals surface area contributed by atoms with E-state index in [0.717, 1.165) is 0 Å². The van der Waals surface area contributed by atoms with Crippen LogP contribution in [0.1, 0.15) is 16.1 Å². The second-order valence-corrected chi connectivity index (χ2v) is 3.34. The van der Waals surface area contributed by atoms with E-state index in [4.69, 9.17) is 10.5 Å². The Morgan fingerprint density at radius 2 is 2.12 bits per heavy atom. The number of methoxy groups -OCH3 is 1. The monoisotopic (exact) mass is 216 g/mol. The Morgan fingerprint density at radius 3 is 2.75 bits per heavy atom. The van der Waals surface area contributed by atoms with Crippen LogP contribution in [0.2, 0.25) is 0 Å². The summed E-state index contributed by atoms with van der Waals surface area (Å²) in [6.07, 6.45) is 1.70. The van der Waals surface area contributed by atoms with E-state index in [9.17, 15) is 4.79 Å². The molecule has 0 fully saturated rings. The van der Waals surface area contributed by atoms with Gasteiger partial charge in [-0.25, -0.2) is 0 Å². The first kappa shape index (κ1) is 10.3. The molecule has 0 atom stereocenters. The minimum atomic E-state index is -0.130. The van der Waals surface area contributed by atoms with Gasteiger partial charge in [-0.1, -0.05) is 6.07 Å². The zero-order valence-corrected chi connectivity index (χ0v) is 8.86. The number of carbonyl (C=O) groups is 1. The van der Waals surface area contributed by atoms with Crippen LogP contribution in [0, 0.1) is 0 Å². The summed E-state index contributed by atoms with van der Waals surface area (Å²) in [5.41, 5.74) is 7.17. The number of nitrogen functional groups attached to an aromatic ring is 1. The molecule has 0 bridgehead atoms. The number of ketones is 1. The van der Waals surface area contributed by atoms with Crippen LogP contribution in [0.25, 0.3) is 0 Å². The molecule has 0 unspecified atom stereocenters. The number of benzene rings is 1. The second kappa shape index (κ2) is 4.10. The highest BCUT2D eigenvalue weighted by Gasteiger charge is 2.16. The molecule has 1 heterocycles. The zero-order chi connectivity index (χ0) is 11.5. The highest BCUT2D eigenvalue weighted by Crippen LogP contribution is 2.27. The summed E-state index contributed by atoms with van der Waals surface area (Å²) in [6, 6.07) is 8.60. The Balaban J connectivity index is 2.48. The summed E-state index contributed by atoms with van der Waals surface area (Å²) in [7, 11) is 1.50. The van der Waals surface area contributed by atoms with E-state index in [1.165, 1.54) is 7.11 Å². The van der Waals surface area contributed by atoms with Crippen LogP contribution in [0.5, 0.6) is 5.75 Å². The van der Waals surface area contributed by atoms with Crippen molar-refractivity contribution in [1.82, 2.24) is 4.98 Å². The molecule has 3 N–H and O–H groups in total. The van der Waals surface area contributed by atoms with E-state index in [2.05, 4.69) is 4.98 Å². The van der Waals surface area contributed by atoms with Gasteiger partial charge >= 0.3 is 0 Å². The van der Waals surface area contributed by atoms with Crippen LogP contribution in [-0.2, 0) is 0 Å². The minimum absolute atomic E-state index is 0.130. The predicted molar refractivity (Wildman–Crippen MR) is 61.6 cm³/mol. The highest BCUT2D eigenvalue weighted by molar-refractivity contribution is 6.10. The Labute approximate surface area is 93.0 Å². The van der Waals surface area contributed by atoms with E-state index in [1.54, 1.807) is 36.5 Å². The Hall–Kier alpha value is -2.23. The van der Waals surface area contributed by atoms with Gasteiger partial charge in [-0.2, -0.15) is 0 Å². The number of carbonyl (C=O) groups excluding carboxylic acids is 1. The molecular formula is C12H12N2O2. The number of ether oxygens (including phenoxy) is 1. The third-order valence-electron chi connectivity index (χ3n) is 2.34. The van der Waals surface area contributed by atoms with Gasteiger partial charge in [0.15, 0.2) is 5.75 Å². The number of nitrogens with one attached hydrogen (secondary N) is 1. The van der Waals surface area contributed by atoms with Crippen LogP contribution in [0.4, 0.5) is 5.69 Å². The molecule has 4 heteroatoms. The van der Waals surface area contributed by atoms with Gasteiger partial charge < -0.3 is 15.5 Å². The normalized spacial score (nSPS) is 10.1. The lowest BCUT2D eigenvalue weighted by molar-refractivity contribution is 0.103. The van der Waals surface area contributed by atoms with Gasteiger partial charge in [0.1, 0.15) is 0 Å². The van der Waals surface area contributed by atoms with Crippen molar-refractivity contribution in [3.63, 3.8) is 0 Å². The standard InChI is InChI=1S/C12H12N2O2/c1-16-12-8(4-2-5-9(12)13)11(15)10-6-3-7-14-10/h2-7,14H,13H2,1H3. The fraction of sp³-hybridized carbons (Fsp3) is 0.0833. The van der Waals surface area contributed by atoms with Crippen molar-refractivity contribution in [1.29, 1.82) is 0 Å². The van der Waals surface area contributed by atoms with Crippen LogP contribution >= 0.6 is 0 Å². The number of nitrogens with two attached hydrogens (primary N) is 1. The van der Waals surface area contributed by atoms with E-state index in [1.807, 2.05) is 0 Å². The molecule has 2 rings (SSSR count). The number of hydrogen-bond acceptors (Lipinski definition) is 3. The van der Waals surface area contributed by atoms with Gasteiger partial charge in [0, 0.05) is 6.20 Å². The summed E-state index contributed by atoms with van der Waals surface area (Å²) in [6.45, 7) is 0. The summed E-state index contributed by atoms with van der Waals surface area (Å²) in [4.78, 5) is 14.9. The maximum Gasteiger partial charge on any atom is 0.212 e. The molecule has 0 radical (unpaired) electrons. The molecule has 0 saturated carbocycles. The van der Waals surface area contributed by atoms with Gasteiger partial charge in [-0.15, -0.1) is 0 Å². The summed E-state index contributed by atoms with van der Waals surface area (Å²) < 4.78 is 5.14. The molecule has 4 nitrogen and oxygen atoms in total. The average Bonchev–Trinajstić information content (AvgIpc) is 2.81. The molecule has 82 valence electrons. The summed E-state index contributed by atoms with van der Waals surface area (Å²) >= 11 is 0. The maximum absolute atomic E-state index is 12.1. The van der Waals surface area contributed by atoms with Crippen molar-refractivity contribution in [2.45, 2.75) is 0 Å². The number of rotatable bonds is 3. The van der Waals surface area contributed by atoms with Crippen molar-refractivity contribution >= 4 is 11.5 Å². The van der Waals surface area contributed by atoms with Crippen molar-refractivity contribution in [3.8, 4) is 5.75 Å². The lowest BCUT2D eigenvalue weighted by Gasteiger charge is -2.09. The Kier molecular flexibility index (Phi) is 2.64. The molecular weight excluding hydrogens is 204 g/mol. The van der Waals surface area contributed by atoms with E-state index in [0.29, 0.717) is 22.7 Å². The number of aromatic amines is 1. The van der Waals surface area contributed by atoms with Gasteiger partial charge in [-0.05, 0) is 24.3 Å². The lowest BCUT2D eigenvalue weighted by Crippen LogP contribution is -2.06. The Bertz CT molecular complexity index is 504. The smallest absolute Gasteiger partial charge is 0.212 e. The highest BCUT2D eigenvalue weighted by atomic mass is 16.5. The molecule has 0 aliphatic heterocycles. The maximum atomic E-state index is 12.1. The van der Waals surface area contributed by atoms with E-state index in [-0.39, 0.29) is 5.78 Å². The van der Waals surface area contributed by atoms with Crippen molar-refractivity contribution in [3.05, 3.63) is 47.8 Å². The topological polar surface area (TPSA) is 68.1 Å². The molecule has 0 aliphatic rings. The van der Waals surface area contributed by atoms with Crippen molar-refractivity contribution in [2.75, 3.05) is 12.8 Å². The van der Waals surface area contributed by atoms with Crippen LogP contribution in [-0.4, -0.2) is 17.9 Å². The molecule has 2 aromatic rings. The van der Waals surface area contributed by atoms with Gasteiger partial charge in [-0.3, -0.25) is 4.79 Å². The first-order valence-corrected chi connectivity index (χ1v) is 4.84. The van der Waals surface area contributed by atoms with Gasteiger partial charge in [0.05, 0.1) is 24.1 Å². The summed E-state index contributed by atoms with van der Waals surface area (Å²) in [5.74, 6) is 0.288. The number of aromatic nitrogens is 1. The zero-order valence-electron chi connectivity index (χ0n) is 8.86. The van der Waals surface area contributed by atoms with Crippen LogP contribution in [0.3, 0.4) is 0 Å². The van der Waals surface area contributed by atoms with Crippen molar-refractivity contribution in [2.24, 2.45) is 0 Å². The molecule has 1 aromatic carbocycles. The fourth-order valence-corrected chi connectivity index (χ4v) is 1.58. The van der Waals surface area contributed by atoms with E-state index < -0.39 is 0 Å². The SMILES string of the molecule is COc1c(N)cccc1C(=O)c1ccc[nH]1. The second-order valence-electron chi connectivity index (χ2n) is 3.34. The fourth-order valence-electron chi connectivity index (χ4n) is 1.58. The third kappa shape index (κ3) is 1.65. The summed E-state index contributed by atoms with van der Waals surface area (Å²) in [5, 5.41) is 0. The first-order chi connectivity index (χ1) is 7.74. The van der Waals surface area contributed by atoms with Crippen molar-refractivity contribution < 1.29 is 9.53 Å². The molecule has 0 saturated heterocycles. The molecule has 1 aromatic heterocycles. The lowest BCUT2D eigenvalue weighted by atomic mass is 10.1. The number of anilines is 1. The number of hydrogen-bond donors (Lipinski definition) is 2. The van der Waals surface area contributed by atoms with Crippen LogP contribution < -0.4 is 10.5 Å². The number of H-pyrrole nitrogens is 1. The predicted octanol–water partition coefficient (Wildman–Crippen LogP) is 1.84. The molecule has 0 spiro atoms. The molecule has 16 heavy (non-hydrogen) atoms. The quantitative estimate of drug-likeness (QED) is 0.607. The molecule has 0 aliphatic carbocycles. The van der Waals surface area contributed by atoms with Gasteiger partial charge in [0.25, 0.3) is 0 Å². The first-order valence-electron chi connectivity index (χ1n) is 4.84. The molecule has 0 amide bonds. The van der Waals surface area contributed by atoms with Crippen LogP contribution in [0.15, 0.2) is 36.5 Å². The van der Waals surface area contributed by atoms with Gasteiger partial charge in [0.2, 0.25) is 5.78 Å². The third-order valence-corrected chi connectivity index (χ3v) is 2.34.